The van der Waals surface area contributed by atoms with Crippen LogP contribution in [0.25, 0.3) is 0 Å². The van der Waals surface area contributed by atoms with Gasteiger partial charge in [-0.25, -0.2) is 0 Å². The first-order valence-corrected chi connectivity index (χ1v) is 12.3. The molecule has 4 nitrogen and oxygen atoms in total. The van der Waals surface area contributed by atoms with Crippen LogP contribution in [0.2, 0.25) is 5.02 Å². The Balaban J connectivity index is 1.96. The van der Waals surface area contributed by atoms with Crippen LogP contribution in [0.4, 0.5) is 0 Å². The Kier molecular flexibility index (Phi) is 10.8. The second kappa shape index (κ2) is 13.0. The minimum atomic E-state index is -0.517. The van der Waals surface area contributed by atoms with Crippen LogP contribution in [0, 0.1) is 0 Å². The Morgan fingerprint density at radius 2 is 1.80 bits per heavy atom. The van der Waals surface area contributed by atoms with Crippen molar-refractivity contribution in [2.24, 2.45) is 0 Å². The van der Waals surface area contributed by atoms with Gasteiger partial charge in [0.05, 0.1) is 0 Å². The molecule has 0 fully saturated rings. The van der Waals surface area contributed by atoms with E-state index in [1.54, 1.807) is 23.6 Å². The van der Waals surface area contributed by atoms with Gasteiger partial charge in [0.2, 0.25) is 11.8 Å². The molecule has 1 atom stereocenters. The van der Waals surface area contributed by atoms with E-state index in [1.165, 1.54) is 0 Å². The Morgan fingerprint density at radius 1 is 1.13 bits per heavy atom. The number of hydrogen-bond acceptors (Lipinski definition) is 3. The van der Waals surface area contributed by atoms with E-state index in [9.17, 15) is 9.59 Å². The van der Waals surface area contributed by atoms with Crippen LogP contribution in [-0.4, -0.2) is 35.1 Å². The maximum atomic E-state index is 13.0. The van der Waals surface area contributed by atoms with Crippen LogP contribution < -0.4 is 5.32 Å². The van der Waals surface area contributed by atoms with E-state index in [0.717, 1.165) is 33.5 Å². The largest absolute Gasteiger partial charge is 0.354 e. The third-order valence-electron chi connectivity index (χ3n) is 4.60. The molecule has 0 bridgehead atoms. The minimum Gasteiger partial charge on any atom is -0.354 e. The van der Waals surface area contributed by atoms with Crippen molar-refractivity contribution in [2.75, 3.05) is 12.3 Å². The second-order valence-corrected chi connectivity index (χ2v) is 9.54. The van der Waals surface area contributed by atoms with Crippen molar-refractivity contribution in [2.45, 2.75) is 50.6 Å². The molecule has 2 aromatic rings. The molecule has 0 saturated carbocycles. The van der Waals surface area contributed by atoms with Crippen LogP contribution in [0.15, 0.2) is 57.9 Å². The first-order chi connectivity index (χ1) is 14.4. The molecule has 1 unspecified atom stereocenters. The number of carbonyl (C=O) groups excluding carboxylic acids is 2. The lowest BCUT2D eigenvalue weighted by molar-refractivity contribution is -0.140. The predicted octanol–water partition coefficient (Wildman–Crippen LogP) is 5.92. The molecule has 162 valence electrons. The summed E-state index contributed by atoms with van der Waals surface area (Å²) < 4.78 is 0.983. The van der Waals surface area contributed by atoms with E-state index in [2.05, 4.69) is 21.2 Å². The topological polar surface area (TPSA) is 49.4 Å². The quantitative estimate of drug-likeness (QED) is 0.301. The van der Waals surface area contributed by atoms with Crippen molar-refractivity contribution < 1.29 is 9.59 Å². The van der Waals surface area contributed by atoms with Gasteiger partial charge in [-0.05, 0) is 67.5 Å². The highest BCUT2D eigenvalue weighted by atomic mass is 79.9. The molecule has 0 aliphatic heterocycles. The van der Waals surface area contributed by atoms with E-state index in [1.807, 2.05) is 55.5 Å². The molecule has 2 aromatic carbocycles. The monoisotopic (exact) mass is 510 g/mol. The van der Waals surface area contributed by atoms with Crippen LogP contribution in [0.5, 0.6) is 0 Å². The Labute approximate surface area is 196 Å². The average molecular weight is 512 g/mol. The standard InChI is InChI=1S/C23H28BrClN2O2S/c1-3-14-26-23(29)17(2)27(16-18-6-8-19(24)9-7-18)22(28)5-4-15-30-21-12-10-20(25)11-13-21/h6-13,17H,3-5,14-16H2,1-2H3,(H,26,29). The normalized spacial score (nSPS) is 11.7. The first kappa shape index (κ1) is 24.8. The number of rotatable bonds is 11. The number of benzene rings is 2. The molecule has 2 rings (SSSR count). The summed E-state index contributed by atoms with van der Waals surface area (Å²) in [5.74, 6) is 0.710. The molecular weight excluding hydrogens is 484 g/mol. The van der Waals surface area contributed by atoms with Gasteiger partial charge in [-0.15, -0.1) is 11.8 Å². The Morgan fingerprint density at radius 3 is 2.43 bits per heavy atom. The van der Waals surface area contributed by atoms with Crippen LogP contribution in [0.1, 0.15) is 38.7 Å². The summed E-state index contributed by atoms with van der Waals surface area (Å²) in [6, 6.07) is 15.0. The second-order valence-electron chi connectivity index (χ2n) is 7.02. The number of carbonyl (C=O) groups is 2. The lowest BCUT2D eigenvalue weighted by Crippen LogP contribution is -2.47. The lowest BCUT2D eigenvalue weighted by Gasteiger charge is -2.29. The van der Waals surface area contributed by atoms with Crippen LogP contribution >= 0.6 is 39.3 Å². The van der Waals surface area contributed by atoms with E-state index in [4.69, 9.17) is 11.6 Å². The van der Waals surface area contributed by atoms with Gasteiger partial charge in [0.1, 0.15) is 6.04 Å². The molecule has 7 heteroatoms. The van der Waals surface area contributed by atoms with E-state index in [-0.39, 0.29) is 11.8 Å². The smallest absolute Gasteiger partial charge is 0.242 e. The van der Waals surface area contributed by atoms with Gasteiger partial charge in [-0.1, -0.05) is 46.6 Å². The molecular formula is C23H28BrClN2O2S. The van der Waals surface area contributed by atoms with Gasteiger partial charge in [0, 0.05) is 33.9 Å². The Bertz CT molecular complexity index is 815. The molecule has 2 amide bonds. The summed E-state index contributed by atoms with van der Waals surface area (Å²) in [5, 5.41) is 3.62. The third kappa shape index (κ3) is 8.32. The van der Waals surface area contributed by atoms with Gasteiger partial charge in [-0.2, -0.15) is 0 Å². The van der Waals surface area contributed by atoms with E-state index < -0.39 is 6.04 Å². The molecule has 0 saturated heterocycles. The fraction of sp³-hybridized carbons (Fsp3) is 0.391. The van der Waals surface area contributed by atoms with Crippen molar-refractivity contribution in [3.63, 3.8) is 0 Å². The number of nitrogens with zero attached hydrogens (tertiary/aromatic N) is 1. The van der Waals surface area contributed by atoms with Crippen molar-refractivity contribution in [1.82, 2.24) is 10.2 Å². The van der Waals surface area contributed by atoms with Crippen molar-refractivity contribution in [3.8, 4) is 0 Å². The average Bonchev–Trinajstić information content (AvgIpc) is 2.75. The minimum absolute atomic E-state index is 0.00577. The highest BCUT2D eigenvalue weighted by Gasteiger charge is 2.25. The summed E-state index contributed by atoms with van der Waals surface area (Å²) in [6.45, 7) is 4.83. The van der Waals surface area contributed by atoms with Gasteiger partial charge in [-0.3, -0.25) is 9.59 Å². The molecule has 0 aromatic heterocycles. The maximum Gasteiger partial charge on any atom is 0.242 e. The molecule has 0 aliphatic carbocycles. The molecule has 0 spiro atoms. The number of nitrogens with one attached hydrogen (secondary N) is 1. The number of halogens is 2. The number of amides is 2. The Hall–Kier alpha value is -1.50. The summed E-state index contributed by atoms with van der Waals surface area (Å²) in [6.07, 6.45) is 2.01. The third-order valence-corrected chi connectivity index (χ3v) is 6.48. The highest BCUT2D eigenvalue weighted by molar-refractivity contribution is 9.10. The van der Waals surface area contributed by atoms with Gasteiger partial charge >= 0.3 is 0 Å². The first-order valence-electron chi connectivity index (χ1n) is 10.1. The van der Waals surface area contributed by atoms with Gasteiger partial charge in [0.15, 0.2) is 0 Å². The molecule has 1 N–H and O–H groups in total. The number of thioether (sulfide) groups is 1. The number of hydrogen-bond donors (Lipinski definition) is 1. The maximum absolute atomic E-state index is 13.0. The van der Waals surface area contributed by atoms with Crippen LogP contribution in [0.3, 0.4) is 0 Å². The molecule has 30 heavy (non-hydrogen) atoms. The van der Waals surface area contributed by atoms with Crippen molar-refractivity contribution in [1.29, 1.82) is 0 Å². The highest BCUT2D eigenvalue weighted by Crippen LogP contribution is 2.22. The zero-order valence-electron chi connectivity index (χ0n) is 17.4. The van der Waals surface area contributed by atoms with E-state index >= 15 is 0 Å². The van der Waals surface area contributed by atoms with Gasteiger partial charge < -0.3 is 10.2 Å². The SMILES string of the molecule is CCCNC(=O)C(C)N(Cc1ccc(Br)cc1)C(=O)CCCSc1ccc(Cl)cc1. The molecule has 0 aliphatic rings. The van der Waals surface area contributed by atoms with E-state index in [0.29, 0.717) is 24.5 Å². The fourth-order valence-corrected chi connectivity index (χ4v) is 4.10. The zero-order chi connectivity index (χ0) is 21.9. The summed E-state index contributed by atoms with van der Waals surface area (Å²) >= 11 is 11.0. The van der Waals surface area contributed by atoms with Crippen molar-refractivity contribution >= 4 is 51.1 Å². The lowest BCUT2D eigenvalue weighted by atomic mass is 10.1. The van der Waals surface area contributed by atoms with Crippen molar-refractivity contribution in [3.05, 3.63) is 63.6 Å². The molecule has 0 radical (unpaired) electrons. The summed E-state index contributed by atoms with van der Waals surface area (Å²) in [4.78, 5) is 28.3. The molecule has 0 heterocycles. The summed E-state index contributed by atoms with van der Waals surface area (Å²) in [7, 11) is 0. The summed E-state index contributed by atoms with van der Waals surface area (Å²) in [5.41, 5.74) is 0.997. The van der Waals surface area contributed by atoms with Gasteiger partial charge in [0.25, 0.3) is 0 Å². The predicted molar refractivity (Wildman–Crippen MR) is 129 cm³/mol. The fourth-order valence-electron chi connectivity index (χ4n) is 2.85. The zero-order valence-corrected chi connectivity index (χ0v) is 20.5. The van der Waals surface area contributed by atoms with Crippen LogP contribution in [-0.2, 0) is 16.1 Å².